The number of piperidine rings is 1. The molecule has 144 valence electrons. The van der Waals surface area contributed by atoms with Gasteiger partial charge in [-0.3, -0.25) is 0 Å². The van der Waals surface area contributed by atoms with Gasteiger partial charge in [0.15, 0.2) is 0 Å². The van der Waals surface area contributed by atoms with E-state index in [0.717, 1.165) is 18.5 Å². The predicted octanol–water partition coefficient (Wildman–Crippen LogP) is 5.89. The summed E-state index contributed by atoms with van der Waals surface area (Å²) < 4.78 is 7.93. The second-order valence-corrected chi connectivity index (χ2v) is 8.09. The maximum atomic E-state index is 12.4. The standard InChI is InChI=1S/C23H30N2O2/c1-6-10-18-19-11-8-9-12-21(19)25(20(18)7-2)17-13-15-24(16-14-17)22(26)27-23(3,4)5/h6-12,17H,2,13-16H2,1,3-5H3/b10-6-. The summed E-state index contributed by atoms with van der Waals surface area (Å²) in [5.74, 6) is 0. The van der Waals surface area contributed by atoms with E-state index in [1.807, 2.05) is 38.7 Å². The predicted molar refractivity (Wildman–Crippen MR) is 113 cm³/mol. The van der Waals surface area contributed by atoms with Crippen LogP contribution in [0.2, 0.25) is 0 Å². The van der Waals surface area contributed by atoms with Crippen molar-refractivity contribution >= 4 is 29.1 Å². The van der Waals surface area contributed by atoms with Crippen molar-refractivity contribution in [1.29, 1.82) is 0 Å². The molecular formula is C23H30N2O2. The summed E-state index contributed by atoms with van der Waals surface area (Å²) in [6.45, 7) is 13.2. The fourth-order valence-electron chi connectivity index (χ4n) is 3.89. The normalized spacial score (nSPS) is 16.2. The number of allylic oxidation sites excluding steroid dienone is 1. The van der Waals surface area contributed by atoms with Gasteiger partial charge in [-0.05, 0) is 52.7 Å². The lowest BCUT2D eigenvalue weighted by Crippen LogP contribution is -2.42. The monoisotopic (exact) mass is 366 g/mol. The zero-order valence-corrected chi connectivity index (χ0v) is 16.9. The van der Waals surface area contributed by atoms with Crippen molar-refractivity contribution in [2.45, 2.75) is 52.2 Å². The van der Waals surface area contributed by atoms with Crippen molar-refractivity contribution in [1.82, 2.24) is 9.47 Å². The molecule has 0 atom stereocenters. The van der Waals surface area contributed by atoms with E-state index >= 15 is 0 Å². The minimum absolute atomic E-state index is 0.211. The van der Waals surface area contributed by atoms with Crippen LogP contribution in [-0.2, 0) is 4.74 Å². The van der Waals surface area contributed by atoms with Gasteiger partial charge in [0, 0.05) is 41.3 Å². The Morgan fingerprint density at radius 2 is 1.89 bits per heavy atom. The lowest BCUT2D eigenvalue weighted by atomic mass is 10.0. The van der Waals surface area contributed by atoms with Crippen LogP contribution < -0.4 is 0 Å². The first-order chi connectivity index (χ1) is 12.9. The number of hydrogen-bond donors (Lipinski definition) is 0. The van der Waals surface area contributed by atoms with Gasteiger partial charge in [-0.2, -0.15) is 0 Å². The van der Waals surface area contributed by atoms with Crippen LogP contribution in [0.15, 0.2) is 36.9 Å². The molecule has 1 saturated heterocycles. The maximum absolute atomic E-state index is 12.4. The molecule has 1 amide bonds. The van der Waals surface area contributed by atoms with Crippen molar-refractivity contribution < 1.29 is 9.53 Å². The van der Waals surface area contributed by atoms with E-state index in [1.165, 1.54) is 16.5 Å². The molecule has 4 nitrogen and oxygen atoms in total. The maximum Gasteiger partial charge on any atom is 0.410 e. The Kier molecular flexibility index (Phi) is 5.45. The molecule has 0 N–H and O–H groups in total. The SMILES string of the molecule is C=Cc1c(/C=C\C)c2ccccc2n1C1CCN(C(=O)OC(C)(C)C)CC1. The minimum atomic E-state index is -0.456. The summed E-state index contributed by atoms with van der Waals surface area (Å²) in [6, 6.07) is 8.86. The molecule has 0 spiro atoms. The number of rotatable bonds is 3. The van der Waals surface area contributed by atoms with Gasteiger partial charge in [0.05, 0.1) is 0 Å². The molecular weight excluding hydrogens is 336 g/mol. The fourth-order valence-corrected chi connectivity index (χ4v) is 3.89. The summed E-state index contributed by atoms with van der Waals surface area (Å²) in [4.78, 5) is 14.2. The average molecular weight is 367 g/mol. The Labute approximate surface area is 162 Å². The summed E-state index contributed by atoms with van der Waals surface area (Å²) in [5.41, 5.74) is 3.15. The van der Waals surface area contributed by atoms with Crippen LogP contribution in [0, 0.1) is 0 Å². The number of amides is 1. The first kappa shape index (κ1) is 19.3. The summed E-state index contributed by atoms with van der Waals surface area (Å²) in [7, 11) is 0. The number of likely N-dealkylation sites (tertiary alicyclic amines) is 1. The number of nitrogens with zero attached hydrogens (tertiary/aromatic N) is 2. The number of carbonyl (C=O) groups is 1. The third kappa shape index (κ3) is 3.95. The van der Waals surface area contributed by atoms with Gasteiger partial charge in [-0.25, -0.2) is 4.79 Å². The van der Waals surface area contributed by atoms with Crippen LogP contribution >= 0.6 is 0 Å². The van der Waals surface area contributed by atoms with Gasteiger partial charge >= 0.3 is 6.09 Å². The molecule has 27 heavy (non-hydrogen) atoms. The number of carbonyl (C=O) groups excluding carboxylic acids is 1. The lowest BCUT2D eigenvalue weighted by Gasteiger charge is -2.34. The van der Waals surface area contributed by atoms with Gasteiger partial charge in [0.2, 0.25) is 0 Å². The zero-order chi connectivity index (χ0) is 19.6. The average Bonchev–Trinajstić information content (AvgIpc) is 2.94. The molecule has 4 heteroatoms. The van der Waals surface area contributed by atoms with Crippen LogP contribution in [0.5, 0.6) is 0 Å². The molecule has 0 unspecified atom stereocenters. The number of hydrogen-bond acceptors (Lipinski definition) is 2. The zero-order valence-electron chi connectivity index (χ0n) is 16.9. The molecule has 0 aliphatic carbocycles. The van der Waals surface area contributed by atoms with Crippen molar-refractivity contribution in [3.63, 3.8) is 0 Å². The lowest BCUT2D eigenvalue weighted by molar-refractivity contribution is 0.0189. The third-order valence-electron chi connectivity index (χ3n) is 5.00. The van der Waals surface area contributed by atoms with Gasteiger partial charge in [0.1, 0.15) is 5.60 Å². The first-order valence-corrected chi connectivity index (χ1v) is 9.71. The molecule has 1 fully saturated rings. The summed E-state index contributed by atoms with van der Waals surface area (Å²) >= 11 is 0. The molecule has 0 saturated carbocycles. The Morgan fingerprint density at radius 1 is 1.22 bits per heavy atom. The number of ether oxygens (including phenoxy) is 1. The number of fused-ring (bicyclic) bond motifs is 1. The van der Waals surface area contributed by atoms with E-state index in [0.29, 0.717) is 19.1 Å². The summed E-state index contributed by atoms with van der Waals surface area (Å²) in [6.07, 6.45) is 7.80. The van der Waals surface area contributed by atoms with Crippen molar-refractivity contribution in [3.05, 3.63) is 48.2 Å². The van der Waals surface area contributed by atoms with E-state index in [-0.39, 0.29) is 6.09 Å². The quantitative estimate of drug-likeness (QED) is 0.679. The number of para-hydroxylation sites is 1. The van der Waals surface area contributed by atoms with Crippen molar-refractivity contribution in [2.24, 2.45) is 0 Å². The van der Waals surface area contributed by atoms with Gasteiger partial charge < -0.3 is 14.2 Å². The molecule has 1 aliphatic rings. The molecule has 2 heterocycles. The van der Waals surface area contributed by atoms with E-state index in [4.69, 9.17) is 4.74 Å². The third-order valence-corrected chi connectivity index (χ3v) is 5.00. The Bertz CT molecular complexity index is 862. The highest BCUT2D eigenvalue weighted by atomic mass is 16.6. The second-order valence-electron chi connectivity index (χ2n) is 8.09. The number of benzene rings is 1. The highest BCUT2D eigenvalue weighted by Crippen LogP contribution is 2.35. The van der Waals surface area contributed by atoms with E-state index in [1.54, 1.807) is 0 Å². The van der Waals surface area contributed by atoms with E-state index in [9.17, 15) is 4.79 Å². The molecule has 0 bridgehead atoms. The molecule has 1 aliphatic heterocycles. The van der Waals surface area contributed by atoms with Gasteiger partial charge in [-0.15, -0.1) is 0 Å². The minimum Gasteiger partial charge on any atom is -0.444 e. The van der Waals surface area contributed by atoms with Gasteiger partial charge in [-0.1, -0.05) is 36.9 Å². The molecule has 1 aromatic heterocycles. The molecule has 1 aromatic carbocycles. The summed E-state index contributed by atoms with van der Waals surface area (Å²) in [5, 5.41) is 1.25. The van der Waals surface area contributed by atoms with Crippen LogP contribution in [0.4, 0.5) is 4.79 Å². The van der Waals surface area contributed by atoms with Crippen molar-refractivity contribution in [3.8, 4) is 0 Å². The van der Waals surface area contributed by atoms with Crippen LogP contribution in [0.25, 0.3) is 23.1 Å². The van der Waals surface area contributed by atoms with Gasteiger partial charge in [0.25, 0.3) is 0 Å². The highest BCUT2D eigenvalue weighted by molar-refractivity contribution is 5.94. The highest BCUT2D eigenvalue weighted by Gasteiger charge is 2.29. The Morgan fingerprint density at radius 3 is 2.48 bits per heavy atom. The smallest absolute Gasteiger partial charge is 0.410 e. The van der Waals surface area contributed by atoms with E-state index < -0.39 is 5.60 Å². The van der Waals surface area contributed by atoms with Crippen LogP contribution in [0.1, 0.15) is 57.8 Å². The first-order valence-electron chi connectivity index (χ1n) is 9.71. The van der Waals surface area contributed by atoms with E-state index in [2.05, 4.69) is 47.6 Å². The molecule has 3 rings (SSSR count). The Balaban J connectivity index is 1.87. The van der Waals surface area contributed by atoms with Crippen molar-refractivity contribution in [2.75, 3.05) is 13.1 Å². The van der Waals surface area contributed by atoms with Crippen LogP contribution in [-0.4, -0.2) is 34.3 Å². The Hall–Kier alpha value is -2.49. The largest absolute Gasteiger partial charge is 0.444 e. The second kappa shape index (κ2) is 7.63. The fraction of sp³-hybridized carbons (Fsp3) is 0.435. The molecule has 0 radical (unpaired) electrons. The number of aromatic nitrogens is 1. The van der Waals surface area contributed by atoms with Crippen LogP contribution in [0.3, 0.4) is 0 Å². The molecule has 2 aromatic rings. The topological polar surface area (TPSA) is 34.5 Å².